The third-order valence-corrected chi connectivity index (χ3v) is 5.29. The average Bonchev–Trinajstić information content (AvgIpc) is 2.68. The van der Waals surface area contributed by atoms with Gasteiger partial charge in [0, 0.05) is 18.5 Å². The van der Waals surface area contributed by atoms with Crippen LogP contribution < -0.4 is 10.9 Å². The van der Waals surface area contributed by atoms with Gasteiger partial charge in [-0.25, -0.2) is 9.78 Å². The number of aryl methyl sites for hydroxylation is 1. The Labute approximate surface area is 164 Å². The number of fused-ring (bicyclic) bond motifs is 1. The minimum Gasteiger partial charge on any atom is -0.462 e. The lowest BCUT2D eigenvalue weighted by atomic mass is 9.92. The number of rotatable bonds is 6. The first-order valence-corrected chi connectivity index (χ1v) is 9.93. The number of esters is 1. The van der Waals surface area contributed by atoms with Crippen LogP contribution >= 0.6 is 0 Å². The lowest BCUT2D eigenvalue weighted by molar-refractivity contribution is 0.0496. The van der Waals surface area contributed by atoms with Crippen LogP contribution in [0.15, 0.2) is 10.9 Å². The van der Waals surface area contributed by atoms with Crippen LogP contribution in [0.1, 0.15) is 67.5 Å². The summed E-state index contributed by atoms with van der Waals surface area (Å²) in [6.07, 6.45) is 3.86. The minimum atomic E-state index is -0.609. The molecule has 8 nitrogen and oxygen atoms in total. The molecule has 0 aliphatic heterocycles. The largest absolute Gasteiger partial charge is 0.462 e. The van der Waals surface area contributed by atoms with Gasteiger partial charge in [-0.1, -0.05) is 13.3 Å². The Bertz CT molecular complexity index is 917. The number of hydrogen-bond donors (Lipinski definition) is 2. The van der Waals surface area contributed by atoms with Crippen molar-refractivity contribution in [3.8, 4) is 0 Å². The Balaban J connectivity index is 2.15. The first kappa shape index (κ1) is 20.3. The normalized spacial score (nSPS) is 19.6. The Hall–Kier alpha value is -2.48. The molecule has 1 saturated carbocycles. The fourth-order valence-electron chi connectivity index (χ4n) is 3.65. The maximum atomic E-state index is 13.3. The number of unbranched alkanes of at least 4 members (excludes halogenated alkanes) is 1. The van der Waals surface area contributed by atoms with Crippen molar-refractivity contribution < 1.29 is 14.6 Å². The summed E-state index contributed by atoms with van der Waals surface area (Å²) < 4.78 is 6.90. The van der Waals surface area contributed by atoms with Gasteiger partial charge in [-0.2, -0.15) is 4.98 Å². The van der Waals surface area contributed by atoms with Crippen molar-refractivity contribution in [3.05, 3.63) is 27.7 Å². The van der Waals surface area contributed by atoms with Crippen molar-refractivity contribution >= 4 is 23.0 Å². The van der Waals surface area contributed by atoms with Crippen LogP contribution in [0.4, 0.5) is 5.95 Å². The van der Waals surface area contributed by atoms with E-state index in [1.165, 1.54) is 0 Å². The van der Waals surface area contributed by atoms with Gasteiger partial charge in [-0.15, -0.1) is 0 Å². The minimum absolute atomic E-state index is 0.0126. The van der Waals surface area contributed by atoms with E-state index in [1.54, 1.807) is 17.7 Å². The van der Waals surface area contributed by atoms with E-state index < -0.39 is 11.5 Å². The van der Waals surface area contributed by atoms with Crippen LogP contribution in [0.3, 0.4) is 0 Å². The molecule has 0 unspecified atom stereocenters. The smallest absolute Gasteiger partial charge is 0.343 e. The number of carbonyl (C=O) groups is 1. The molecule has 0 aromatic carbocycles. The molecular weight excluding hydrogens is 360 g/mol. The van der Waals surface area contributed by atoms with E-state index >= 15 is 0 Å². The maximum Gasteiger partial charge on any atom is 0.343 e. The summed E-state index contributed by atoms with van der Waals surface area (Å²) in [6, 6.07) is 1.43. The van der Waals surface area contributed by atoms with Gasteiger partial charge >= 0.3 is 5.97 Å². The van der Waals surface area contributed by atoms with Crippen molar-refractivity contribution in [2.75, 3.05) is 19.0 Å². The predicted octanol–water partition coefficient (Wildman–Crippen LogP) is 2.57. The summed E-state index contributed by atoms with van der Waals surface area (Å²) in [4.78, 5) is 34.7. The number of nitrogens with zero attached hydrogens (tertiary/aromatic N) is 3. The number of aliphatic hydroxyl groups is 1. The van der Waals surface area contributed by atoms with E-state index in [2.05, 4.69) is 15.3 Å². The van der Waals surface area contributed by atoms with Crippen molar-refractivity contribution in [2.45, 2.75) is 64.5 Å². The Kier molecular flexibility index (Phi) is 6.28. The highest BCUT2D eigenvalue weighted by atomic mass is 16.5. The summed E-state index contributed by atoms with van der Waals surface area (Å²) in [5.41, 5.74) is 0.809. The fourth-order valence-corrected chi connectivity index (χ4v) is 3.65. The van der Waals surface area contributed by atoms with Crippen molar-refractivity contribution in [3.63, 3.8) is 0 Å². The number of anilines is 1. The lowest BCUT2D eigenvalue weighted by Crippen LogP contribution is -2.34. The standard InChI is InChI=1S/C20H28N4O4/c1-4-5-10-28-19(27)16-11-15-12(2)22-20(21-3)23-17(15)24(18(16)26)13-6-8-14(25)9-7-13/h11,13-14,25H,4-10H2,1-3H3,(H,21,22,23). The van der Waals surface area contributed by atoms with Gasteiger partial charge in [-0.05, 0) is 45.1 Å². The Morgan fingerprint density at radius 1 is 1.32 bits per heavy atom. The van der Waals surface area contributed by atoms with E-state index in [4.69, 9.17) is 4.74 Å². The molecule has 8 heteroatoms. The monoisotopic (exact) mass is 388 g/mol. The molecule has 2 heterocycles. The van der Waals surface area contributed by atoms with E-state index in [-0.39, 0.29) is 24.3 Å². The summed E-state index contributed by atoms with van der Waals surface area (Å²) >= 11 is 0. The van der Waals surface area contributed by atoms with Gasteiger partial charge in [0.25, 0.3) is 5.56 Å². The topological polar surface area (TPSA) is 106 Å². The summed E-state index contributed by atoms with van der Waals surface area (Å²) in [7, 11) is 1.72. The van der Waals surface area contributed by atoms with Crippen LogP contribution in [-0.2, 0) is 4.74 Å². The molecule has 1 aliphatic carbocycles. The van der Waals surface area contributed by atoms with E-state index in [1.807, 2.05) is 13.8 Å². The molecule has 152 valence electrons. The Morgan fingerprint density at radius 3 is 2.68 bits per heavy atom. The fraction of sp³-hybridized carbons (Fsp3) is 0.600. The quantitative estimate of drug-likeness (QED) is 0.578. The second-order valence-electron chi connectivity index (χ2n) is 7.30. The number of ether oxygens (including phenoxy) is 1. The molecule has 0 saturated heterocycles. The number of aromatic nitrogens is 3. The molecule has 2 N–H and O–H groups in total. The molecule has 0 amide bonds. The van der Waals surface area contributed by atoms with E-state index in [9.17, 15) is 14.7 Å². The molecule has 0 radical (unpaired) electrons. The third kappa shape index (κ3) is 4.01. The average molecular weight is 388 g/mol. The summed E-state index contributed by atoms with van der Waals surface area (Å²) in [5, 5.41) is 13.4. The molecular formula is C20H28N4O4. The van der Waals surface area contributed by atoms with Crippen molar-refractivity contribution in [1.29, 1.82) is 0 Å². The first-order chi connectivity index (χ1) is 13.5. The highest BCUT2D eigenvalue weighted by Crippen LogP contribution is 2.30. The van der Waals surface area contributed by atoms with Gasteiger partial charge < -0.3 is 15.2 Å². The maximum absolute atomic E-state index is 13.3. The molecule has 2 aromatic rings. The number of aliphatic hydroxyl groups excluding tert-OH is 1. The number of hydrogen-bond acceptors (Lipinski definition) is 7. The van der Waals surface area contributed by atoms with Crippen LogP contribution in [0.25, 0.3) is 11.0 Å². The number of carbonyl (C=O) groups excluding carboxylic acids is 1. The second kappa shape index (κ2) is 8.68. The number of nitrogens with one attached hydrogen (secondary N) is 1. The molecule has 2 aromatic heterocycles. The third-order valence-electron chi connectivity index (χ3n) is 5.29. The SMILES string of the molecule is CCCCOC(=O)c1cc2c(C)nc(NC)nc2n(C2CCC(O)CC2)c1=O. The van der Waals surface area contributed by atoms with Gasteiger partial charge in [0.2, 0.25) is 5.95 Å². The molecule has 1 fully saturated rings. The van der Waals surface area contributed by atoms with Crippen LogP contribution in [0, 0.1) is 6.92 Å². The zero-order valence-corrected chi connectivity index (χ0v) is 16.7. The first-order valence-electron chi connectivity index (χ1n) is 9.93. The molecule has 28 heavy (non-hydrogen) atoms. The zero-order valence-electron chi connectivity index (χ0n) is 16.7. The Morgan fingerprint density at radius 2 is 2.04 bits per heavy atom. The van der Waals surface area contributed by atoms with Crippen molar-refractivity contribution in [2.24, 2.45) is 0 Å². The van der Waals surface area contributed by atoms with Gasteiger partial charge in [-0.3, -0.25) is 9.36 Å². The molecule has 0 spiro atoms. The van der Waals surface area contributed by atoms with Gasteiger partial charge in [0.1, 0.15) is 11.2 Å². The molecule has 0 atom stereocenters. The second-order valence-corrected chi connectivity index (χ2v) is 7.30. The highest BCUT2D eigenvalue weighted by molar-refractivity contribution is 5.93. The van der Waals surface area contributed by atoms with E-state index in [0.717, 1.165) is 12.8 Å². The molecule has 3 rings (SSSR count). The van der Waals surface area contributed by atoms with Gasteiger partial charge in [0.15, 0.2) is 0 Å². The van der Waals surface area contributed by atoms with Crippen LogP contribution in [-0.4, -0.2) is 45.4 Å². The highest BCUT2D eigenvalue weighted by Gasteiger charge is 2.27. The lowest BCUT2D eigenvalue weighted by Gasteiger charge is -2.28. The van der Waals surface area contributed by atoms with E-state index in [0.29, 0.717) is 48.4 Å². The molecule has 1 aliphatic rings. The predicted molar refractivity (Wildman–Crippen MR) is 107 cm³/mol. The van der Waals surface area contributed by atoms with Crippen LogP contribution in [0.2, 0.25) is 0 Å². The van der Waals surface area contributed by atoms with Crippen molar-refractivity contribution in [1.82, 2.24) is 14.5 Å². The summed E-state index contributed by atoms with van der Waals surface area (Å²) in [5.74, 6) is -0.186. The summed E-state index contributed by atoms with van der Waals surface area (Å²) in [6.45, 7) is 4.13. The molecule has 0 bridgehead atoms. The number of pyridine rings is 1. The zero-order chi connectivity index (χ0) is 20.3. The van der Waals surface area contributed by atoms with Crippen LogP contribution in [0.5, 0.6) is 0 Å². The van der Waals surface area contributed by atoms with Gasteiger partial charge in [0.05, 0.1) is 18.4 Å².